The molecule has 0 bridgehead atoms. The number of halogens is 4. The molecule has 1 unspecified atom stereocenters. The third kappa shape index (κ3) is 2.40. The molecule has 0 aliphatic carbocycles. The highest BCUT2D eigenvalue weighted by atomic mass is 35.5. The van der Waals surface area contributed by atoms with E-state index in [9.17, 15) is 13.2 Å². The summed E-state index contributed by atoms with van der Waals surface area (Å²) in [6, 6.07) is 4.66. The Balaban J connectivity index is 0.00000144. The van der Waals surface area contributed by atoms with E-state index in [1.807, 2.05) is 0 Å². The first kappa shape index (κ1) is 13.9. The van der Waals surface area contributed by atoms with Crippen LogP contribution < -0.4 is 6.15 Å². The molecule has 0 fully saturated rings. The molecule has 0 aliphatic heterocycles. The first-order chi connectivity index (χ1) is 7.50. The lowest BCUT2D eigenvalue weighted by Crippen LogP contribution is -2.02. The lowest BCUT2D eigenvalue weighted by molar-refractivity contribution is 0.0381. The quantitative estimate of drug-likeness (QED) is 0.845. The molecule has 2 rings (SSSR count). The van der Waals surface area contributed by atoms with Crippen molar-refractivity contribution in [2.45, 2.75) is 19.5 Å². The van der Waals surface area contributed by atoms with Crippen LogP contribution in [0, 0.1) is 6.92 Å². The Kier molecular flexibility index (Phi) is 4.06. The van der Waals surface area contributed by atoms with Crippen LogP contribution in [0.3, 0.4) is 0 Å². The smallest absolute Gasteiger partial charge is 0.276 e. The summed E-state index contributed by atoms with van der Waals surface area (Å²) in [6.45, 7) is 1.53. The molecule has 0 saturated carbocycles. The minimum Gasteiger partial charge on any atom is -0.457 e. The SMILES string of the molecule is Cc1c(C(F)C(F)F)oc2ccc(Cl)cc12.N. The predicted octanol–water partition coefficient (Wildman–Crippen LogP) is 4.83. The summed E-state index contributed by atoms with van der Waals surface area (Å²) < 4.78 is 42.7. The Hall–Kier alpha value is -1.20. The van der Waals surface area contributed by atoms with E-state index in [2.05, 4.69) is 0 Å². The van der Waals surface area contributed by atoms with Gasteiger partial charge in [-0.3, -0.25) is 0 Å². The van der Waals surface area contributed by atoms with Gasteiger partial charge < -0.3 is 10.6 Å². The van der Waals surface area contributed by atoms with E-state index in [1.165, 1.54) is 13.0 Å². The van der Waals surface area contributed by atoms with Crippen LogP contribution >= 0.6 is 11.6 Å². The van der Waals surface area contributed by atoms with Gasteiger partial charge in [-0.1, -0.05) is 11.6 Å². The van der Waals surface area contributed by atoms with E-state index in [0.29, 0.717) is 21.6 Å². The normalized spacial score (nSPS) is 12.8. The zero-order valence-corrected chi connectivity index (χ0v) is 9.77. The molecule has 1 atom stereocenters. The molecule has 1 aromatic heterocycles. The molecular formula is C11H11ClF3NO. The summed E-state index contributed by atoms with van der Waals surface area (Å²) in [5.74, 6) is -0.327. The highest BCUT2D eigenvalue weighted by Crippen LogP contribution is 2.35. The van der Waals surface area contributed by atoms with Crippen LogP contribution in [0.25, 0.3) is 11.0 Å². The molecule has 0 radical (unpaired) electrons. The van der Waals surface area contributed by atoms with Crippen LogP contribution in [0.1, 0.15) is 17.5 Å². The molecule has 0 saturated heterocycles. The average molecular weight is 266 g/mol. The Morgan fingerprint density at radius 2 is 1.88 bits per heavy atom. The van der Waals surface area contributed by atoms with Gasteiger partial charge in [0.25, 0.3) is 6.43 Å². The van der Waals surface area contributed by atoms with Gasteiger partial charge in [0.05, 0.1) is 0 Å². The second-order valence-corrected chi connectivity index (χ2v) is 3.90. The maximum Gasteiger partial charge on any atom is 0.276 e. The van der Waals surface area contributed by atoms with Crippen molar-refractivity contribution in [3.05, 3.63) is 34.5 Å². The largest absolute Gasteiger partial charge is 0.457 e. The van der Waals surface area contributed by atoms with Crippen molar-refractivity contribution in [3.8, 4) is 0 Å². The monoisotopic (exact) mass is 265 g/mol. The molecule has 2 nitrogen and oxygen atoms in total. The molecule has 3 N–H and O–H groups in total. The van der Waals surface area contributed by atoms with Crippen molar-refractivity contribution in [1.29, 1.82) is 0 Å². The van der Waals surface area contributed by atoms with Gasteiger partial charge in [-0.25, -0.2) is 13.2 Å². The minimum absolute atomic E-state index is 0. The number of benzene rings is 1. The van der Waals surface area contributed by atoms with Gasteiger partial charge >= 0.3 is 0 Å². The number of alkyl halides is 3. The van der Waals surface area contributed by atoms with Crippen LogP contribution in [0.4, 0.5) is 13.2 Å². The van der Waals surface area contributed by atoms with Crippen LogP contribution in [0.15, 0.2) is 22.6 Å². The predicted molar refractivity (Wildman–Crippen MR) is 60.8 cm³/mol. The lowest BCUT2D eigenvalue weighted by Gasteiger charge is -2.03. The molecule has 1 aromatic carbocycles. The van der Waals surface area contributed by atoms with E-state index in [-0.39, 0.29) is 11.9 Å². The summed E-state index contributed by atoms with van der Waals surface area (Å²) >= 11 is 5.76. The van der Waals surface area contributed by atoms with Crippen LogP contribution in [0.2, 0.25) is 5.02 Å². The zero-order valence-electron chi connectivity index (χ0n) is 9.01. The fourth-order valence-corrected chi connectivity index (χ4v) is 1.76. The van der Waals surface area contributed by atoms with Crippen LogP contribution in [0.5, 0.6) is 0 Å². The molecule has 0 amide bonds. The van der Waals surface area contributed by atoms with Gasteiger partial charge in [0.2, 0.25) is 6.17 Å². The highest BCUT2D eigenvalue weighted by molar-refractivity contribution is 6.31. The fourth-order valence-electron chi connectivity index (χ4n) is 1.59. The van der Waals surface area contributed by atoms with Crippen LogP contribution in [-0.4, -0.2) is 6.43 Å². The van der Waals surface area contributed by atoms with E-state index in [1.54, 1.807) is 12.1 Å². The number of hydrogen-bond acceptors (Lipinski definition) is 2. The molecule has 0 aliphatic rings. The topological polar surface area (TPSA) is 48.1 Å². The molecule has 1 heterocycles. The Labute approximate surface area is 101 Å². The maximum absolute atomic E-state index is 13.2. The number of fused-ring (bicyclic) bond motifs is 1. The van der Waals surface area contributed by atoms with Gasteiger partial charge in [-0.15, -0.1) is 0 Å². The number of hydrogen-bond donors (Lipinski definition) is 1. The van der Waals surface area contributed by atoms with E-state index < -0.39 is 12.6 Å². The highest BCUT2D eigenvalue weighted by Gasteiger charge is 2.28. The third-order valence-electron chi connectivity index (χ3n) is 2.41. The fraction of sp³-hybridized carbons (Fsp3) is 0.273. The summed E-state index contributed by atoms with van der Waals surface area (Å²) in [5.41, 5.74) is 0.727. The van der Waals surface area contributed by atoms with Gasteiger partial charge in [-0.2, -0.15) is 0 Å². The van der Waals surface area contributed by atoms with Gasteiger partial charge in [0, 0.05) is 16.0 Å². The minimum atomic E-state index is -3.09. The van der Waals surface area contributed by atoms with Crippen LogP contribution in [-0.2, 0) is 0 Å². The Bertz CT molecular complexity index is 527. The number of rotatable bonds is 2. The Morgan fingerprint density at radius 1 is 1.24 bits per heavy atom. The Morgan fingerprint density at radius 3 is 2.47 bits per heavy atom. The van der Waals surface area contributed by atoms with Crippen molar-refractivity contribution < 1.29 is 17.6 Å². The molecular weight excluding hydrogens is 255 g/mol. The van der Waals surface area contributed by atoms with Gasteiger partial charge in [-0.05, 0) is 25.1 Å². The van der Waals surface area contributed by atoms with Crippen molar-refractivity contribution >= 4 is 22.6 Å². The average Bonchev–Trinajstić information content (AvgIpc) is 2.55. The van der Waals surface area contributed by atoms with Crippen molar-refractivity contribution in [2.75, 3.05) is 0 Å². The second kappa shape index (κ2) is 4.98. The molecule has 6 heteroatoms. The molecule has 17 heavy (non-hydrogen) atoms. The summed E-state index contributed by atoms with van der Waals surface area (Å²) in [7, 11) is 0. The number of aryl methyl sites for hydroxylation is 1. The first-order valence-corrected chi connectivity index (χ1v) is 4.99. The zero-order chi connectivity index (χ0) is 11.9. The number of furan rings is 1. The maximum atomic E-state index is 13.2. The van der Waals surface area contributed by atoms with Crippen molar-refractivity contribution in [2.24, 2.45) is 0 Å². The first-order valence-electron chi connectivity index (χ1n) is 4.61. The summed E-state index contributed by atoms with van der Waals surface area (Å²) in [4.78, 5) is 0. The summed E-state index contributed by atoms with van der Waals surface area (Å²) in [6.07, 6.45) is -5.49. The molecule has 94 valence electrons. The van der Waals surface area contributed by atoms with Crippen molar-refractivity contribution in [1.82, 2.24) is 6.15 Å². The summed E-state index contributed by atoms with van der Waals surface area (Å²) in [5, 5.41) is 1.02. The molecule has 0 spiro atoms. The van der Waals surface area contributed by atoms with Crippen molar-refractivity contribution in [3.63, 3.8) is 0 Å². The third-order valence-corrected chi connectivity index (χ3v) is 2.64. The standard InChI is InChI=1S/C11H8ClF3O.H3N/c1-5-7-4-6(12)2-3-8(7)16-10(5)9(13)11(14)15;/h2-4,9,11H,1H3;1H3. The van der Waals surface area contributed by atoms with E-state index in [0.717, 1.165) is 0 Å². The van der Waals surface area contributed by atoms with Gasteiger partial charge in [0.1, 0.15) is 11.3 Å². The van der Waals surface area contributed by atoms with E-state index >= 15 is 0 Å². The van der Waals surface area contributed by atoms with E-state index in [4.69, 9.17) is 16.0 Å². The molecule has 2 aromatic rings. The van der Waals surface area contributed by atoms with Gasteiger partial charge in [0.15, 0.2) is 0 Å². The lowest BCUT2D eigenvalue weighted by atomic mass is 10.1. The second-order valence-electron chi connectivity index (χ2n) is 3.47.